The number of aromatic hydroxyl groups is 2. The molecule has 0 unspecified atom stereocenters. The van der Waals surface area contributed by atoms with Crippen LogP contribution in [0.3, 0.4) is 0 Å². The topological polar surface area (TPSA) is 89.8 Å². The van der Waals surface area contributed by atoms with Crippen LogP contribution in [0.4, 0.5) is 0 Å². The molecule has 5 heteroatoms. The SMILES string of the molecule is CCCCCC[C@@H](O)C/C=C\CCCCCCCC(=O)NCCc1ccc(O)c(O)c1. The monoisotopic (exact) mass is 433 g/mol. The van der Waals surface area contributed by atoms with Crippen LogP contribution in [0.5, 0.6) is 11.5 Å². The Kier molecular flexibility index (Phi) is 15.4. The van der Waals surface area contributed by atoms with Crippen LogP contribution in [0.2, 0.25) is 0 Å². The highest BCUT2D eigenvalue weighted by atomic mass is 16.3. The number of hydrogen-bond acceptors (Lipinski definition) is 4. The number of aliphatic hydroxyl groups is 1. The molecule has 5 nitrogen and oxygen atoms in total. The van der Waals surface area contributed by atoms with Crippen molar-refractivity contribution in [2.75, 3.05) is 6.54 Å². The fraction of sp³-hybridized carbons (Fsp3) is 0.654. The zero-order valence-corrected chi connectivity index (χ0v) is 19.3. The van der Waals surface area contributed by atoms with E-state index in [0.717, 1.165) is 56.9 Å². The van der Waals surface area contributed by atoms with Gasteiger partial charge in [-0.05, 0) is 56.2 Å². The number of nitrogens with one attached hydrogen (secondary N) is 1. The minimum absolute atomic E-state index is 0.0687. The number of benzene rings is 1. The molecule has 4 N–H and O–H groups in total. The Labute approximate surface area is 188 Å². The molecule has 0 aliphatic heterocycles. The number of aliphatic hydroxyl groups excluding tert-OH is 1. The van der Waals surface area contributed by atoms with Gasteiger partial charge in [0.2, 0.25) is 5.91 Å². The van der Waals surface area contributed by atoms with Crippen LogP contribution in [-0.2, 0) is 11.2 Å². The van der Waals surface area contributed by atoms with Crippen molar-refractivity contribution in [1.29, 1.82) is 0 Å². The highest BCUT2D eigenvalue weighted by molar-refractivity contribution is 5.75. The standard InChI is InChI=1S/C26H43NO4/c1-2-3-4-11-14-23(28)15-12-9-7-5-6-8-10-13-16-26(31)27-20-19-22-17-18-24(29)25(30)21-22/h9,12,17-18,21,23,28-30H,2-8,10-11,13-16,19-20H2,1H3,(H,27,31)/b12-9-/t23-/m1/s1. The zero-order chi connectivity index (χ0) is 22.7. The van der Waals surface area contributed by atoms with Crippen LogP contribution < -0.4 is 5.32 Å². The normalized spacial score (nSPS) is 12.3. The number of phenols is 2. The number of carbonyl (C=O) groups is 1. The fourth-order valence-corrected chi connectivity index (χ4v) is 3.53. The Balaban J connectivity index is 1.92. The lowest BCUT2D eigenvalue weighted by Gasteiger charge is -2.07. The first-order valence-corrected chi connectivity index (χ1v) is 12.1. The van der Waals surface area contributed by atoms with Gasteiger partial charge in [0, 0.05) is 13.0 Å². The molecule has 1 aromatic rings. The van der Waals surface area contributed by atoms with Gasteiger partial charge < -0.3 is 20.6 Å². The third-order valence-electron chi connectivity index (χ3n) is 5.52. The molecule has 0 saturated heterocycles. The van der Waals surface area contributed by atoms with Crippen molar-refractivity contribution < 1.29 is 20.1 Å². The van der Waals surface area contributed by atoms with Crippen LogP contribution in [0.25, 0.3) is 0 Å². The van der Waals surface area contributed by atoms with Crippen LogP contribution >= 0.6 is 0 Å². The van der Waals surface area contributed by atoms with Crippen LogP contribution in [0.15, 0.2) is 30.4 Å². The highest BCUT2D eigenvalue weighted by Crippen LogP contribution is 2.24. The van der Waals surface area contributed by atoms with E-state index in [1.54, 1.807) is 6.07 Å². The van der Waals surface area contributed by atoms with Crippen LogP contribution in [0.1, 0.15) is 96.0 Å². The molecule has 1 atom stereocenters. The molecule has 1 aromatic carbocycles. The molecule has 176 valence electrons. The molecule has 0 saturated carbocycles. The van der Waals surface area contributed by atoms with Crippen LogP contribution in [0, 0.1) is 0 Å². The summed E-state index contributed by atoms with van der Waals surface area (Å²) in [5.74, 6) is -0.190. The summed E-state index contributed by atoms with van der Waals surface area (Å²) < 4.78 is 0. The second-order valence-corrected chi connectivity index (χ2v) is 8.44. The Morgan fingerprint density at radius 1 is 0.968 bits per heavy atom. The summed E-state index contributed by atoms with van der Waals surface area (Å²) in [5.41, 5.74) is 0.881. The van der Waals surface area contributed by atoms with Gasteiger partial charge in [0.1, 0.15) is 0 Å². The highest BCUT2D eigenvalue weighted by Gasteiger charge is 2.04. The molecule has 0 heterocycles. The lowest BCUT2D eigenvalue weighted by Crippen LogP contribution is -2.25. The summed E-state index contributed by atoms with van der Waals surface area (Å²) in [5, 5.41) is 31.6. The molecule has 0 radical (unpaired) electrons. The van der Waals surface area contributed by atoms with Crippen molar-refractivity contribution in [2.45, 2.75) is 103 Å². The van der Waals surface area contributed by atoms with E-state index in [4.69, 9.17) is 0 Å². The summed E-state index contributed by atoms with van der Waals surface area (Å²) >= 11 is 0. The van der Waals surface area contributed by atoms with Gasteiger partial charge in [-0.15, -0.1) is 0 Å². The van der Waals surface area contributed by atoms with Crippen molar-refractivity contribution in [2.24, 2.45) is 0 Å². The maximum atomic E-state index is 11.9. The van der Waals surface area contributed by atoms with Gasteiger partial charge in [0.15, 0.2) is 11.5 Å². The van der Waals surface area contributed by atoms with E-state index in [0.29, 0.717) is 19.4 Å². The van der Waals surface area contributed by atoms with E-state index in [1.165, 1.54) is 37.8 Å². The smallest absolute Gasteiger partial charge is 0.220 e. The van der Waals surface area contributed by atoms with Gasteiger partial charge in [-0.25, -0.2) is 0 Å². The van der Waals surface area contributed by atoms with Crippen LogP contribution in [-0.4, -0.2) is 33.9 Å². The number of allylic oxidation sites excluding steroid dienone is 1. The quantitative estimate of drug-likeness (QED) is 0.134. The lowest BCUT2D eigenvalue weighted by atomic mass is 10.1. The number of unbranched alkanes of at least 4 members (excludes halogenated alkanes) is 8. The van der Waals surface area contributed by atoms with Crippen molar-refractivity contribution in [1.82, 2.24) is 5.32 Å². The molecule has 0 aromatic heterocycles. The summed E-state index contributed by atoms with van der Waals surface area (Å²) in [6.07, 6.45) is 18.4. The van der Waals surface area contributed by atoms with Gasteiger partial charge in [-0.1, -0.05) is 70.1 Å². The average molecular weight is 434 g/mol. The van der Waals surface area contributed by atoms with Gasteiger partial charge in [-0.3, -0.25) is 4.79 Å². The Bertz CT molecular complexity index is 630. The predicted octanol–water partition coefficient (Wildman–Crippen LogP) is 5.76. The summed E-state index contributed by atoms with van der Waals surface area (Å²) in [6, 6.07) is 4.72. The molecule has 0 bridgehead atoms. The third-order valence-corrected chi connectivity index (χ3v) is 5.52. The van der Waals surface area contributed by atoms with Crippen molar-refractivity contribution in [3.63, 3.8) is 0 Å². The first-order chi connectivity index (χ1) is 15.0. The summed E-state index contributed by atoms with van der Waals surface area (Å²) in [7, 11) is 0. The second-order valence-electron chi connectivity index (χ2n) is 8.44. The fourth-order valence-electron chi connectivity index (χ4n) is 3.53. The Morgan fingerprint density at radius 2 is 1.71 bits per heavy atom. The van der Waals surface area contributed by atoms with E-state index in [1.807, 2.05) is 0 Å². The largest absolute Gasteiger partial charge is 0.504 e. The average Bonchev–Trinajstić information content (AvgIpc) is 2.75. The maximum absolute atomic E-state index is 11.9. The molecule has 1 amide bonds. The maximum Gasteiger partial charge on any atom is 0.220 e. The van der Waals surface area contributed by atoms with E-state index in [2.05, 4.69) is 24.4 Å². The Hall–Kier alpha value is -2.01. The Morgan fingerprint density at radius 3 is 2.48 bits per heavy atom. The number of carbonyl (C=O) groups excluding carboxylic acids is 1. The van der Waals surface area contributed by atoms with E-state index < -0.39 is 0 Å². The first-order valence-electron chi connectivity index (χ1n) is 12.1. The number of rotatable bonds is 18. The number of hydrogen-bond donors (Lipinski definition) is 4. The molecular weight excluding hydrogens is 390 g/mol. The first kappa shape index (κ1) is 27.0. The molecule has 1 rings (SSSR count). The van der Waals surface area contributed by atoms with E-state index in [9.17, 15) is 20.1 Å². The van der Waals surface area contributed by atoms with Gasteiger partial charge >= 0.3 is 0 Å². The van der Waals surface area contributed by atoms with Gasteiger partial charge in [-0.2, -0.15) is 0 Å². The number of amides is 1. The molecule has 0 aliphatic carbocycles. The molecule has 0 fully saturated rings. The molecule has 0 aliphatic rings. The van der Waals surface area contributed by atoms with Gasteiger partial charge in [0.25, 0.3) is 0 Å². The number of phenolic OH excluding ortho intramolecular Hbond substituents is 2. The van der Waals surface area contributed by atoms with Crippen molar-refractivity contribution in [3.05, 3.63) is 35.9 Å². The zero-order valence-electron chi connectivity index (χ0n) is 19.3. The van der Waals surface area contributed by atoms with E-state index >= 15 is 0 Å². The minimum atomic E-state index is -0.188. The predicted molar refractivity (Wildman–Crippen MR) is 127 cm³/mol. The lowest BCUT2D eigenvalue weighted by molar-refractivity contribution is -0.121. The summed E-state index contributed by atoms with van der Waals surface area (Å²) in [4.78, 5) is 11.9. The minimum Gasteiger partial charge on any atom is -0.504 e. The molecule has 31 heavy (non-hydrogen) atoms. The van der Waals surface area contributed by atoms with Crippen molar-refractivity contribution >= 4 is 5.91 Å². The van der Waals surface area contributed by atoms with E-state index in [-0.39, 0.29) is 23.5 Å². The molecule has 0 spiro atoms. The second kappa shape index (κ2) is 17.6. The van der Waals surface area contributed by atoms with Gasteiger partial charge in [0.05, 0.1) is 6.10 Å². The third kappa shape index (κ3) is 14.6. The summed E-state index contributed by atoms with van der Waals surface area (Å²) in [6.45, 7) is 2.73. The molecular formula is C26H43NO4. The van der Waals surface area contributed by atoms with Crippen molar-refractivity contribution in [3.8, 4) is 11.5 Å².